The number of para-hydroxylation sites is 1. The Balaban J connectivity index is 1.48. The van der Waals surface area contributed by atoms with Crippen molar-refractivity contribution in [3.05, 3.63) is 121 Å². The zero-order valence-corrected chi connectivity index (χ0v) is 25.1. The Morgan fingerprint density at radius 1 is 1.00 bits per heavy atom. The molecule has 0 radical (unpaired) electrons. The standard InChI is InChI=1S/C31H22Br2ClN3O3/c1-2-18-11-8-13-23-26(22-12-6-7-14-25(22)34)28(36-27(18)23)30(38)37-35-17-20-15-21(32)16-24(33)29(20)40-31(39)19-9-4-3-5-10-19/h3-17,36H,2H2,1H3,(H,37,38). The van der Waals surface area contributed by atoms with E-state index >= 15 is 0 Å². The van der Waals surface area contributed by atoms with E-state index < -0.39 is 11.9 Å². The number of carbonyl (C=O) groups is 2. The molecule has 0 aliphatic heterocycles. The van der Waals surface area contributed by atoms with Crippen LogP contribution in [-0.2, 0) is 6.42 Å². The van der Waals surface area contributed by atoms with Crippen molar-refractivity contribution in [1.82, 2.24) is 10.4 Å². The highest BCUT2D eigenvalue weighted by Gasteiger charge is 2.22. The number of nitrogens with one attached hydrogen (secondary N) is 2. The summed E-state index contributed by atoms with van der Waals surface area (Å²) in [6, 6.07) is 25.5. The van der Waals surface area contributed by atoms with Gasteiger partial charge in [-0.2, -0.15) is 5.10 Å². The number of hydrogen-bond donors (Lipinski definition) is 2. The third kappa shape index (κ3) is 5.75. The molecular weight excluding hydrogens is 658 g/mol. The number of aromatic nitrogens is 1. The van der Waals surface area contributed by atoms with Gasteiger partial charge in [-0.05, 0) is 58.2 Å². The van der Waals surface area contributed by atoms with Crippen LogP contribution in [0.4, 0.5) is 0 Å². The molecule has 0 aliphatic carbocycles. The van der Waals surface area contributed by atoms with Crippen molar-refractivity contribution < 1.29 is 14.3 Å². The summed E-state index contributed by atoms with van der Waals surface area (Å²) in [5, 5.41) is 5.63. The Labute approximate surface area is 252 Å². The fourth-order valence-corrected chi connectivity index (χ4v) is 5.98. The number of hydrogen-bond acceptors (Lipinski definition) is 4. The minimum Gasteiger partial charge on any atom is -0.421 e. The molecule has 2 N–H and O–H groups in total. The Morgan fingerprint density at radius 2 is 1.75 bits per heavy atom. The molecule has 1 heterocycles. The molecule has 0 spiro atoms. The van der Waals surface area contributed by atoms with Crippen LogP contribution >= 0.6 is 43.5 Å². The number of nitrogens with zero attached hydrogens (tertiary/aromatic N) is 1. The molecule has 5 aromatic rings. The lowest BCUT2D eigenvalue weighted by atomic mass is 9.99. The highest BCUT2D eigenvalue weighted by atomic mass is 79.9. The number of ether oxygens (including phenoxy) is 1. The van der Waals surface area contributed by atoms with Crippen molar-refractivity contribution in [3.8, 4) is 16.9 Å². The summed E-state index contributed by atoms with van der Waals surface area (Å²) in [5.41, 5.74) is 7.23. The van der Waals surface area contributed by atoms with Crippen LogP contribution in [0.3, 0.4) is 0 Å². The number of aryl methyl sites for hydroxylation is 1. The fraction of sp³-hybridized carbons (Fsp3) is 0.0645. The van der Waals surface area contributed by atoms with Crippen molar-refractivity contribution in [2.24, 2.45) is 5.10 Å². The molecule has 0 saturated heterocycles. The molecule has 0 fully saturated rings. The fourth-order valence-electron chi connectivity index (χ4n) is 4.41. The van der Waals surface area contributed by atoms with Crippen LogP contribution in [0.25, 0.3) is 22.0 Å². The Morgan fingerprint density at radius 3 is 2.50 bits per heavy atom. The molecular formula is C31H22Br2ClN3O3. The Bertz CT molecular complexity index is 1770. The molecule has 0 bridgehead atoms. The van der Waals surface area contributed by atoms with Gasteiger partial charge in [0.25, 0.3) is 5.91 Å². The van der Waals surface area contributed by atoms with Gasteiger partial charge >= 0.3 is 5.97 Å². The van der Waals surface area contributed by atoms with Gasteiger partial charge in [0, 0.05) is 37.1 Å². The SMILES string of the molecule is CCc1cccc2c(-c3ccccc3Cl)c(C(=O)NN=Cc3cc(Br)cc(Br)c3OC(=O)c3ccccc3)[nH]c12. The van der Waals surface area contributed by atoms with E-state index in [0.717, 1.165) is 32.9 Å². The first-order chi connectivity index (χ1) is 19.4. The molecule has 1 aromatic heterocycles. The first-order valence-corrected chi connectivity index (χ1v) is 14.3. The second-order valence-corrected chi connectivity index (χ2v) is 11.0. The number of fused-ring (bicyclic) bond motifs is 1. The molecule has 5 rings (SSSR count). The highest BCUT2D eigenvalue weighted by Crippen LogP contribution is 2.38. The number of halogens is 3. The Hall–Kier alpha value is -3.72. The van der Waals surface area contributed by atoms with Crippen molar-refractivity contribution in [1.29, 1.82) is 0 Å². The number of aromatic amines is 1. The van der Waals surface area contributed by atoms with Gasteiger partial charge < -0.3 is 9.72 Å². The van der Waals surface area contributed by atoms with E-state index in [4.69, 9.17) is 16.3 Å². The van der Waals surface area contributed by atoms with Gasteiger partial charge in [0.2, 0.25) is 0 Å². The summed E-state index contributed by atoms with van der Waals surface area (Å²) in [4.78, 5) is 29.5. The van der Waals surface area contributed by atoms with E-state index in [-0.39, 0.29) is 5.75 Å². The van der Waals surface area contributed by atoms with Crippen molar-refractivity contribution in [2.75, 3.05) is 0 Å². The monoisotopic (exact) mass is 677 g/mol. The number of hydrazone groups is 1. The average molecular weight is 680 g/mol. The van der Waals surface area contributed by atoms with Gasteiger partial charge in [-0.25, -0.2) is 10.2 Å². The molecule has 6 nitrogen and oxygen atoms in total. The average Bonchev–Trinajstić information content (AvgIpc) is 3.35. The molecule has 1 amide bonds. The smallest absolute Gasteiger partial charge is 0.343 e. The van der Waals surface area contributed by atoms with Gasteiger partial charge in [-0.15, -0.1) is 0 Å². The third-order valence-corrected chi connectivity index (χ3v) is 7.66. The Kier molecular flexibility index (Phi) is 8.49. The lowest BCUT2D eigenvalue weighted by molar-refractivity contribution is 0.0733. The number of rotatable bonds is 7. The number of amides is 1. The number of H-pyrrole nitrogens is 1. The number of benzene rings is 4. The van der Waals surface area contributed by atoms with Crippen LogP contribution in [0, 0.1) is 0 Å². The predicted molar refractivity (Wildman–Crippen MR) is 166 cm³/mol. The quantitative estimate of drug-likeness (QED) is 0.0783. The molecule has 40 heavy (non-hydrogen) atoms. The molecule has 4 aromatic carbocycles. The maximum atomic E-state index is 13.5. The van der Waals surface area contributed by atoms with Gasteiger partial charge in [0.1, 0.15) is 5.69 Å². The highest BCUT2D eigenvalue weighted by molar-refractivity contribution is 9.11. The van der Waals surface area contributed by atoms with E-state index in [2.05, 4.69) is 54.3 Å². The van der Waals surface area contributed by atoms with Gasteiger partial charge in [-0.3, -0.25) is 4.79 Å². The topological polar surface area (TPSA) is 83.5 Å². The summed E-state index contributed by atoms with van der Waals surface area (Å²) < 4.78 is 6.96. The minimum absolute atomic E-state index is 0.269. The molecule has 200 valence electrons. The third-order valence-electron chi connectivity index (χ3n) is 6.28. The second kappa shape index (κ2) is 12.2. The van der Waals surface area contributed by atoms with Crippen LogP contribution in [0.5, 0.6) is 5.75 Å². The van der Waals surface area contributed by atoms with Crippen LogP contribution in [0.15, 0.2) is 99.0 Å². The minimum atomic E-state index is -0.517. The van der Waals surface area contributed by atoms with Crippen molar-refractivity contribution in [3.63, 3.8) is 0 Å². The van der Waals surface area contributed by atoms with Crippen LogP contribution in [0.1, 0.15) is 38.9 Å². The molecule has 0 unspecified atom stereocenters. The summed E-state index contributed by atoms with van der Waals surface area (Å²) in [6.07, 6.45) is 2.22. The van der Waals surface area contributed by atoms with E-state index in [0.29, 0.717) is 31.9 Å². The van der Waals surface area contributed by atoms with E-state index in [1.54, 1.807) is 42.5 Å². The predicted octanol–water partition coefficient (Wildman–Crippen LogP) is 8.56. The lowest BCUT2D eigenvalue weighted by Crippen LogP contribution is -2.19. The van der Waals surface area contributed by atoms with Crippen LogP contribution in [-0.4, -0.2) is 23.1 Å². The van der Waals surface area contributed by atoms with E-state index in [1.165, 1.54) is 6.21 Å². The zero-order chi connectivity index (χ0) is 28.2. The number of carbonyl (C=O) groups excluding carboxylic acids is 2. The molecule has 0 atom stereocenters. The number of esters is 1. The van der Waals surface area contributed by atoms with Crippen molar-refractivity contribution in [2.45, 2.75) is 13.3 Å². The van der Waals surface area contributed by atoms with E-state index in [1.807, 2.05) is 42.5 Å². The first kappa shape index (κ1) is 27.8. The first-order valence-electron chi connectivity index (χ1n) is 12.4. The molecule has 0 saturated carbocycles. The largest absolute Gasteiger partial charge is 0.421 e. The molecule has 0 aliphatic rings. The summed E-state index contributed by atoms with van der Waals surface area (Å²) >= 11 is 13.5. The maximum Gasteiger partial charge on any atom is 0.343 e. The van der Waals surface area contributed by atoms with Gasteiger partial charge in [0.15, 0.2) is 5.75 Å². The normalized spacial score (nSPS) is 11.2. The lowest BCUT2D eigenvalue weighted by Gasteiger charge is -2.10. The second-order valence-electron chi connectivity index (χ2n) is 8.81. The van der Waals surface area contributed by atoms with Crippen LogP contribution < -0.4 is 10.2 Å². The van der Waals surface area contributed by atoms with Crippen molar-refractivity contribution >= 4 is 72.5 Å². The van der Waals surface area contributed by atoms with E-state index in [9.17, 15) is 9.59 Å². The summed E-state index contributed by atoms with van der Waals surface area (Å²) in [6.45, 7) is 2.06. The summed E-state index contributed by atoms with van der Waals surface area (Å²) in [7, 11) is 0. The summed E-state index contributed by atoms with van der Waals surface area (Å²) in [5.74, 6) is -0.692. The zero-order valence-electron chi connectivity index (χ0n) is 21.2. The van der Waals surface area contributed by atoms with Crippen LogP contribution in [0.2, 0.25) is 5.02 Å². The van der Waals surface area contributed by atoms with Gasteiger partial charge in [0.05, 0.1) is 16.3 Å². The maximum absolute atomic E-state index is 13.5. The van der Waals surface area contributed by atoms with Gasteiger partial charge in [-0.1, -0.05) is 89.1 Å². The molecule has 9 heteroatoms.